The van der Waals surface area contributed by atoms with Crippen LogP contribution < -0.4 is 10.2 Å². The molecule has 0 saturated carbocycles. The number of nitrogens with zero attached hydrogens (tertiary/aromatic N) is 2. The number of carbonyl (C=O) groups excluding carboxylic acids is 2. The van der Waals surface area contributed by atoms with Gasteiger partial charge in [-0.25, -0.2) is 0 Å². The average molecular weight is 602 g/mol. The number of carbonyl (C=O) groups is 2. The van der Waals surface area contributed by atoms with E-state index in [4.69, 9.17) is 4.42 Å². The van der Waals surface area contributed by atoms with E-state index in [1.165, 1.54) is 12.1 Å². The standard InChI is InChI=1S/C32H38N2O5.2ClH/c1-5-15-33(16-6-2)19-9-11-23-22-28-30(26-21-24(31(35)36)13-14-27(26)39-28)25(29(23)32(37)38)12-10-20-34(17-7-3)18-8-4;;/h5-8,13-14,21-22H,1-4,9-12,15-20H2,(H,35,36)(H,37,38);2*1H/p-2. The van der Waals surface area contributed by atoms with Crippen LogP contribution in [0, 0.1) is 0 Å². The van der Waals surface area contributed by atoms with Crippen molar-refractivity contribution in [2.75, 3.05) is 39.3 Å². The maximum absolute atomic E-state index is 12.6. The topological polar surface area (TPSA) is 99.9 Å². The van der Waals surface area contributed by atoms with Gasteiger partial charge in [-0.2, -0.15) is 0 Å². The number of aromatic carboxylic acids is 2. The van der Waals surface area contributed by atoms with Gasteiger partial charge in [0.15, 0.2) is 0 Å². The maximum atomic E-state index is 12.6. The van der Waals surface area contributed by atoms with Crippen LogP contribution in [0.25, 0.3) is 21.9 Å². The Morgan fingerprint density at radius 1 is 0.756 bits per heavy atom. The van der Waals surface area contributed by atoms with Gasteiger partial charge < -0.3 is 24.2 Å². The maximum Gasteiger partial charge on any atom is 0.136 e. The highest BCUT2D eigenvalue weighted by atomic mass is 35.5. The molecule has 3 aromatic rings. The molecule has 0 aliphatic rings. The summed E-state index contributed by atoms with van der Waals surface area (Å²) >= 11 is 0. The van der Waals surface area contributed by atoms with E-state index in [1.54, 1.807) is 12.1 Å². The molecule has 0 aliphatic carbocycles. The lowest BCUT2D eigenvalue weighted by molar-refractivity contribution is -0.256. The fourth-order valence-electron chi connectivity index (χ4n) is 5.12. The molecule has 222 valence electrons. The van der Waals surface area contributed by atoms with Crippen LogP contribution in [0.4, 0.5) is 0 Å². The molecule has 3 rings (SSSR count). The second-order valence-electron chi connectivity index (χ2n) is 9.53. The minimum Gasteiger partial charge on any atom is -0.545 e. The minimum absolute atomic E-state index is 0. The predicted molar refractivity (Wildman–Crippen MR) is 167 cm³/mol. The van der Waals surface area contributed by atoms with Crippen molar-refractivity contribution in [3.05, 3.63) is 97.1 Å². The van der Waals surface area contributed by atoms with Crippen LogP contribution in [-0.4, -0.2) is 61.0 Å². The van der Waals surface area contributed by atoms with E-state index in [0.717, 1.165) is 6.54 Å². The molecule has 0 aliphatic heterocycles. The van der Waals surface area contributed by atoms with Crippen molar-refractivity contribution in [1.29, 1.82) is 0 Å². The summed E-state index contributed by atoms with van der Waals surface area (Å²) in [6.45, 7) is 19.5. The van der Waals surface area contributed by atoms with Crippen molar-refractivity contribution in [2.24, 2.45) is 0 Å². The second kappa shape index (κ2) is 17.5. The summed E-state index contributed by atoms with van der Waals surface area (Å²) in [4.78, 5) is 28.5. The van der Waals surface area contributed by atoms with Crippen LogP contribution in [-0.2, 0) is 12.8 Å². The highest BCUT2D eigenvalue weighted by Crippen LogP contribution is 2.36. The smallest absolute Gasteiger partial charge is 0.136 e. The van der Waals surface area contributed by atoms with E-state index in [0.29, 0.717) is 91.5 Å². The zero-order chi connectivity index (χ0) is 28.4. The summed E-state index contributed by atoms with van der Waals surface area (Å²) in [5.41, 5.74) is 2.41. The van der Waals surface area contributed by atoms with Gasteiger partial charge in [-0.15, -0.1) is 51.1 Å². The Labute approximate surface area is 254 Å². The number of fused-ring (bicyclic) bond motifs is 3. The molecule has 9 heteroatoms. The quantitative estimate of drug-likeness (QED) is 0.200. The number of carboxylic acid groups (broad SMARTS) is 2. The van der Waals surface area contributed by atoms with Crippen LogP contribution in [0.5, 0.6) is 0 Å². The summed E-state index contributed by atoms with van der Waals surface area (Å²) in [6, 6.07) is 6.26. The summed E-state index contributed by atoms with van der Waals surface area (Å²) < 4.78 is 6.11. The van der Waals surface area contributed by atoms with E-state index in [-0.39, 0.29) is 35.9 Å². The number of halogens is 2. The summed E-state index contributed by atoms with van der Waals surface area (Å²) in [6.07, 6.45) is 9.65. The Morgan fingerprint density at radius 3 is 1.78 bits per heavy atom. The Morgan fingerprint density at radius 2 is 1.29 bits per heavy atom. The fraction of sp³-hybridized carbons (Fsp3) is 0.312. The highest BCUT2D eigenvalue weighted by molar-refractivity contribution is 6.11. The molecule has 0 bridgehead atoms. The monoisotopic (exact) mass is 600 g/mol. The van der Waals surface area contributed by atoms with Crippen LogP contribution >= 0.6 is 24.8 Å². The predicted octanol–water partition coefficient (Wildman–Crippen LogP) is 4.37. The molecule has 1 heterocycles. The average Bonchev–Trinajstić information content (AvgIpc) is 3.26. The largest absolute Gasteiger partial charge is 0.545 e. The van der Waals surface area contributed by atoms with Gasteiger partial charge in [0.05, 0.1) is 11.9 Å². The SMILES string of the molecule is C=CCN(CC=C)CCCc1cc2oc3ccc(C(=O)[O-])cc3c2c(CCCN(CC=C)CC=C)c1C(=O)[O-].Cl.Cl. The minimum atomic E-state index is -1.31. The molecule has 41 heavy (non-hydrogen) atoms. The molecule has 0 unspecified atom stereocenters. The van der Waals surface area contributed by atoms with Crippen molar-refractivity contribution in [3.63, 3.8) is 0 Å². The van der Waals surface area contributed by atoms with Crippen molar-refractivity contribution >= 4 is 58.7 Å². The first-order valence-electron chi connectivity index (χ1n) is 13.2. The third-order valence-electron chi connectivity index (χ3n) is 6.76. The normalized spacial score (nSPS) is 10.8. The first-order valence-corrected chi connectivity index (χ1v) is 13.2. The lowest BCUT2D eigenvalue weighted by atomic mass is 9.90. The molecule has 2 aromatic carbocycles. The van der Waals surface area contributed by atoms with Crippen LogP contribution in [0.2, 0.25) is 0 Å². The van der Waals surface area contributed by atoms with E-state index in [1.807, 2.05) is 24.3 Å². The summed E-state index contributed by atoms with van der Waals surface area (Å²) in [7, 11) is 0. The molecule has 1 aromatic heterocycles. The second-order valence-corrected chi connectivity index (χ2v) is 9.53. The third kappa shape index (κ3) is 9.07. The van der Waals surface area contributed by atoms with Gasteiger partial charge in [0, 0.05) is 42.5 Å². The van der Waals surface area contributed by atoms with Crippen molar-refractivity contribution in [1.82, 2.24) is 9.80 Å². The van der Waals surface area contributed by atoms with Gasteiger partial charge in [0.1, 0.15) is 11.2 Å². The molecular formula is C32H38Cl2N2O5-2. The van der Waals surface area contributed by atoms with E-state index in [9.17, 15) is 19.8 Å². The van der Waals surface area contributed by atoms with Crippen molar-refractivity contribution in [2.45, 2.75) is 25.7 Å². The molecule has 0 amide bonds. The van der Waals surface area contributed by atoms with E-state index in [2.05, 4.69) is 36.1 Å². The number of carboxylic acids is 2. The highest BCUT2D eigenvalue weighted by Gasteiger charge is 2.20. The fourth-order valence-corrected chi connectivity index (χ4v) is 5.12. The summed E-state index contributed by atoms with van der Waals surface area (Å²) in [5, 5.41) is 25.3. The number of benzene rings is 2. The van der Waals surface area contributed by atoms with Crippen molar-refractivity contribution < 1.29 is 24.2 Å². The number of furan rings is 1. The van der Waals surface area contributed by atoms with Gasteiger partial charge in [0.2, 0.25) is 0 Å². The van der Waals surface area contributed by atoms with Gasteiger partial charge in [-0.05, 0) is 79.7 Å². The van der Waals surface area contributed by atoms with Crippen LogP contribution in [0.15, 0.2) is 79.3 Å². The molecule has 0 fully saturated rings. The molecule has 0 saturated heterocycles. The van der Waals surface area contributed by atoms with Gasteiger partial charge in [-0.3, -0.25) is 9.80 Å². The molecule has 0 N–H and O–H groups in total. The summed E-state index contributed by atoms with van der Waals surface area (Å²) in [5.74, 6) is -2.56. The van der Waals surface area contributed by atoms with Gasteiger partial charge in [0.25, 0.3) is 0 Å². The molecule has 0 radical (unpaired) electrons. The molecule has 0 atom stereocenters. The Kier molecular flexibility index (Phi) is 15.2. The first kappa shape index (κ1) is 35.7. The zero-order valence-corrected chi connectivity index (χ0v) is 24.9. The van der Waals surface area contributed by atoms with Gasteiger partial charge in [-0.1, -0.05) is 24.3 Å². The lowest BCUT2D eigenvalue weighted by Gasteiger charge is -2.22. The van der Waals surface area contributed by atoms with E-state index < -0.39 is 11.9 Å². The Hall–Kier alpha value is -3.36. The van der Waals surface area contributed by atoms with E-state index >= 15 is 0 Å². The lowest BCUT2D eigenvalue weighted by Crippen LogP contribution is -2.28. The zero-order valence-electron chi connectivity index (χ0n) is 23.3. The number of hydrogen-bond acceptors (Lipinski definition) is 7. The van der Waals surface area contributed by atoms with Crippen LogP contribution in [0.1, 0.15) is 44.7 Å². The Balaban J connectivity index is 0.00000420. The van der Waals surface area contributed by atoms with Gasteiger partial charge >= 0.3 is 0 Å². The molecular weight excluding hydrogens is 563 g/mol. The van der Waals surface area contributed by atoms with Crippen LogP contribution in [0.3, 0.4) is 0 Å². The number of aryl methyl sites for hydroxylation is 2. The Bertz CT molecular complexity index is 1360. The molecule has 0 spiro atoms. The number of rotatable bonds is 18. The molecule has 7 nitrogen and oxygen atoms in total. The first-order chi connectivity index (χ1) is 18.8. The number of hydrogen-bond donors (Lipinski definition) is 0. The van der Waals surface area contributed by atoms with Crippen molar-refractivity contribution in [3.8, 4) is 0 Å². The third-order valence-corrected chi connectivity index (χ3v) is 6.76.